The normalized spacial score (nSPS) is 13.9. The van der Waals surface area contributed by atoms with Crippen LogP contribution in [0, 0.1) is 0 Å². The van der Waals surface area contributed by atoms with E-state index >= 15 is 0 Å². The lowest BCUT2D eigenvalue weighted by atomic mass is 10.1. The number of nitrogens with one attached hydrogen (secondary N) is 1. The highest BCUT2D eigenvalue weighted by Gasteiger charge is 2.26. The summed E-state index contributed by atoms with van der Waals surface area (Å²) in [4.78, 5) is 28.5. The van der Waals surface area contributed by atoms with Gasteiger partial charge in [-0.1, -0.05) is 19.4 Å². The lowest BCUT2D eigenvalue weighted by Gasteiger charge is -2.25. The molecule has 0 aliphatic rings. The van der Waals surface area contributed by atoms with Crippen molar-refractivity contribution in [2.75, 3.05) is 13.7 Å². The quantitative estimate of drug-likeness (QED) is 0.319. The lowest BCUT2D eigenvalue weighted by molar-refractivity contribution is -0.157. The number of carbonyl (C=O) groups is 2. The fourth-order valence-electron chi connectivity index (χ4n) is 2.39. The highest BCUT2D eigenvalue weighted by Crippen LogP contribution is 2.27. The summed E-state index contributed by atoms with van der Waals surface area (Å²) in [5, 5.41) is 12.5. The van der Waals surface area contributed by atoms with Crippen LogP contribution in [0.4, 0.5) is 0 Å². The Morgan fingerprint density at radius 2 is 2.11 bits per heavy atom. The molecule has 1 aromatic rings. The van der Waals surface area contributed by atoms with E-state index in [0.717, 1.165) is 12.8 Å². The number of amides is 1. The minimum Gasteiger partial charge on any atom is -0.503 e. The lowest BCUT2D eigenvalue weighted by Crippen LogP contribution is -2.42. The highest BCUT2D eigenvalue weighted by molar-refractivity contribution is 5.97. The number of aromatic hydroxyl groups is 1. The number of carbonyl (C=O) groups excluding carboxylic acids is 2. The summed E-state index contributed by atoms with van der Waals surface area (Å²) in [6.45, 7) is 9.57. The Balaban J connectivity index is 2.68. The molecule has 3 atom stereocenters. The molecule has 0 saturated heterocycles. The summed E-state index contributed by atoms with van der Waals surface area (Å²) in [5.41, 5.74) is -0.237. The summed E-state index contributed by atoms with van der Waals surface area (Å²) < 4.78 is 16.1. The third-order valence-electron chi connectivity index (χ3n) is 4.08. The standard InChI is InChI=1S/C20H30N2O6/c1-6-8-12-27-15(9-7-2)14(4)28-20(25)13(3)22-19(24)17-18(23)16(26-5)10-11-21-17/h7,10-11,13-15,23H,2,6,8-9,12H2,1,3-5H3,(H,22,24)/t13-,14-,15+/m0/s1. The van der Waals surface area contributed by atoms with Gasteiger partial charge in [0.1, 0.15) is 12.1 Å². The van der Waals surface area contributed by atoms with E-state index in [-0.39, 0.29) is 17.5 Å². The smallest absolute Gasteiger partial charge is 0.328 e. The van der Waals surface area contributed by atoms with Crippen LogP contribution in [0.25, 0.3) is 0 Å². The van der Waals surface area contributed by atoms with Crippen molar-refractivity contribution in [3.8, 4) is 11.5 Å². The molecule has 0 radical (unpaired) electrons. The van der Waals surface area contributed by atoms with Gasteiger partial charge >= 0.3 is 5.97 Å². The van der Waals surface area contributed by atoms with Gasteiger partial charge in [-0.25, -0.2) is 9.78 Å². The number of methoxy groups -OCH3 is 1. The van der Waals surface area contributed by atoms with E-state index in [1.54, 1.807) is 13.0 Å². The first-order valence-corrected chi connectivity index (χ1v) is 9.31. The topological polar surface area (TPSA) is 107 Å². The molecule has 1 amide bonds. The Hall–Kier alpha value is -2.61. The van der Waals surface area contributed by atoms with Crippen molar-refractivity contribution in [1.82, 2.24) is 10.3 Å². The predicted octanol–water partition coefficient (Wildman–Crippen LogP) is 2.61. The Kier molecular flexibility index (Phi) is 10.0. The number of hydrogen-bond donors (Lipinski definition) is 2. The minimum atomic E-state index is -0.942. The van der Waals surface area contributed by atoms with Crippen molar-refractivity contribution >= 4 is 11.9 Å². The number of hydrogen-bond acceptors (Lipinski definition) is 7. The van der Waals surface area contributed by atoms with E-state index in [0.29, 0.717) is 13.0 Å². The number of esters is 1. The van der Waals surface area contributed by atoms with Crippen LogP contribution in [0.15, 0.2) is 24.9 Å². The molecule has 2 N–H and O–H groups in total. The summed E-state index contributed by atoms with van der Waals surface area (Å²) >= 11 is 0. The zero-order valence-corrected chi connectivity index (χ0v) is 16.9. The van der Waals surface area contributed by atoms with Gasteiger partial charge in [-0.15, -0.1) is 6.58 Å². The Labute approximate surface area is 165 Å². The van der Waals surface area contributed by atoms with Crippen LogP contribution in [0.1, 0.15) is 50.5 Å². The van der Waals surface area contributed by atoms with Crippen LogP contribution in [0.2, 0.25) is 0 Å². The molecule has 28 heavy (non-hydrogen) atoms. The number of pyridine rings is 1. The maximum Gasteiger partial charge on any atom is 0.328 e. The van der Waals surface area contributed by atoms with Gasteiger partial charge in [-0.3, -0.25) is 4.79 Å². The van der Waals surface area contributed by atoms with Crippen molar-refractivity contribution in [1.29, 1.82) is 0 Å². The van der Waals surface area contributed by atoms with Crippen molar-refractivity contribution in [2.45, 2.75) is 58.3 Å². The summed E-state index contributed by atoms with van der Waals surface area (Å²) in [7, 11) is 1.36. The Bertz CT molecular complexity index is 664. The summed E-state index contributed by atoms with van der Waals surface area (Å²) in [6.07, 6.45) is 4.68. The molecule has 0 fully saturated rings. The highest BCUT2D eigenvalue weighted by atomic mass is 16.6. The molecule has 8 heteroatoms. The molecule has 8 nitrogen and oxygen atoms in total. The van der Waals surface area contributed by atoms with Crippen molar-refractivity contribution in [2.24, 2.45) is 0 Å². The zero-order chi connectivity index (χ0) is 21.1. The third kappa shape index (κ3) is 6.84. The van der Waals surface area contributed by atoms with E-state index in [1.165, 1.54) is 26.3 Å². The van der Waals surface area contributed by atoms with Gasteiger partial charge in [0.2, 0.25) is 0 Å². The Morgan fingerprint density at radius 3 is 2.71 bits per heavy atom. The van der Waals surface area contributed by atoms with Crippen LogP contribution >= 0.6 is 0 Å². The number of aromatic nitrogens is 1. The molecule has 0 aliphatic heterocycles. The van der Waals surface area contributed by atoms with Gasteiger partial charge in [0.25, 0.3) is 5.91 Å². The van der Waals surface area contributed by atoms with Gasteiger partial charge in [0.15, 0.2) is 17.2 Å². The zero-order valence-electron chi connectivity index (χ0n) is 16.9. The van der Waals surface area contributed by atoms with Crippen molar-refractivity contribution < 1.29 is 28.9 Å². The second kappa shape index (κ2) is 12.0. The number of unbranched alkanes of at least 4 members (excludes halogenated alkanes) is 1. The molecule has 1 aromatic heterocycles. The van der Waals surface area contributed by atoms with Gasteiger partial charge < -0.3 is 24.6 Å². The average molecular weight is 394 g/mol. The summed E-state index contributed by atoms with van der Waals surface area (Å²) in [5.74, 6) is -1.61. The maximum atomic E-state index is 12.3. The van der Waals surface area contributed by atoms with E-state index in [2.05, 4.69) is 23.8 Å². The predicted molar refractivity (Wildman–Crippen MR) is 104 cm³/mol. The van der Waals surface area contributed by atoms with E-state index < -0.39 is 29.8 Å². The first-order chi connectivity index (χ1) is 13.3. The van der Waals surface area contributed by atoms with E-state index in [1.807, 2.05) is 0 Å². The third-order valence-corrected chi connectivity index (χ3v) is 4.08. The molecular weight excluding hydrogens is 364 g/mol. The van der Waals surface area contributed by atoms with Crippen LogP contribution in [-0.4, -0.2) is 53.9 Å². The van der Waals surface area contributed by atoms with Crippen LogP contribution < -0.4 is 10.1 Å². The minimum absolute atomic E-state index is 0.112. The van der Waals surface area contributed by atoms with Gasteiger partial charge in [-0.2, -0.15) is 0 Å². The molecule has 0 bridgehead atoms. The number of rotatable bonds is 12. The molecule has 0 saturated carbocycles. The van der Waals surface area contributed by atoms with Crippen LogP contribution in [0.3, 0.4) is 0 Å². The monoisotopic (exact) mass is 394 g/mol. The average Bonchev–Trinajstić information content (AvgIpc) is 2.67. The summed E-state index contributed by atoms with van der Waals surface area (Å²) in [6, 6.07) is 0.478. The van der Waals surface area contributed by atoms with E-state index in [4.69, 9.17) is 14.2 Å². The fourth-order valence-corrected chi connectivity index (χ4v) is 2.39. The SMILES string of the molecule is C=CC[C@@H](OCCCC)[C@H](C)OC(=O)[C@H](C)NC(=O)c1nccc(OC)c1O. The number of nitrogens with zero attached hydrogens (tertiary/aromatic N) is 1. The second-order valence-electron chi connectivity index (χ2n) is 6.33. The molecule has 1 heterocycles. The van der Waals surface area contributed by atoms with Crippen LogP contribution in [-0.2, 0) is 14.3 Å². The van der Waals surface area contributed by atoms with Crippen molar-refractivity contribution in [3.05, 3.63) is 30.6 Å². The number of ether oxygens (including phenoxy) is 3. The Morgan fingerprint density at radius 1 is 1.39 bits per heavy atom. The van der Waals surface area contributed by atoms with Crippen LogP contribution in [0.5, 0.6) is 11.5 Å². The van der Waals surface area contributed by atoms with Gasteiger partial charge in [0, 0.05) is 18.9 Å². The molecular formula is C20H30N2O6. The fraction of sp³-hybridized carbons (Fsp3) is 0.550. The largest absolute Gasteiger partial charge is 0.503 e. The molecule has 156 valence electrons. The second-order valence-corrected chi connectivity index (χ2v) is 6.33. The molecule has 0 aromatic carbocycles. The van der Waals surface area contributed by atoms with E-state index in [9.17, 15) is 14.7 Å². The van der Waals surface area contributed by atoms with Crippen molar-refractivity contribution in [3.63, 3.8) is 0 Å². The molecule has 0 aliphatic carbocycles. The first kappa shape index (κ1) is 23.4. The molecule has 0 spiro atoms. The van der Waals surface area contributed by atoms with Gasteiger partial charge in [-0.05, 0) is 26.7 Å². The molecule has 0 unspecified atom stereocenters. The first-order valence-electron chi connectivity index (χ1n) is 9.31. The molecule has 1 rings (SSSR count). The maximum absolute atomic E-state index is 12.3. The van der Waals surface area contributed by atoms with Gasteiger partial charge in [0.05, 0.1) is 13.2 Å².